The molecule has 0 radical (unpaired) electrons. The minimum atomic E-state index is -2.86. The summed E-state index contributed by atoms with van der Waals surface area (Å²) < 4.78 is 29.3. The van der Waals surface area contributed by atoms with Crippen LogP contribution < -0.4 is 15.4 Å². The number of halogens is 3. The molecule has 1 aromatic carbocycles. The SMILES string of the molecule is Cc1cc(C(=O)NCCC2CCCNC2)cc(C)c1OC(F)F.Cl. The Kier molecular flexibility index (Phi) is 8.42. The molecule has 1 amide bonds. The number of amides is 1. The molecule has 0 bridgehead atoms. The highest BCUT2D eigenvalue weighted by molar-refractivity contribution is 5.94. The zero-order valence-corrected chi connectivity index (χ0v) is 14.8. The Balaban J connectivity index is 0.00000288. The van der Waals surface area contributed by atoms with Crippen LogP contribution in [0.3, 0.4) is 0 Å². The molecule has 0 spiro atoms. The quantitative estimate of drug-likeness (QED) is 0.815. The summed E-state index contributed by atoms with van der Waals surface area (Å²) in [6, 6.07) is 3.17. The summed E-state index contributed by atoms with van der Waals surface area (Å²) in [5, 5.41) is 6.26. The number of rotatable bonds is 6. The van der Waals surface area contributed by atoms with Crippen molar-refractivity contribution in [2.45, 2.75) is 39.7 Å². The first kappa shape index (κ1) is 20.6. The lowest BCUT2D eigenvalue weighted by atomic mass is 9.96. The minimum Gasteiger partial charge on any atom is -0.434 e. The van der Waals surface area contributed by atoms with Crippen LogP contribution in [-0.4, -0.2) is 32.2 Å². The summed E-state index contributed by atoms with van der Waals surface area (Å²) in [6.07, 6.45) is 3.33. The summed E-state index contributed by atoms with van der Waals surface area (Å²) in [5.41, 5.74) is 1.54. The molecule has 1 aliphatic heterocycles. The van der Waals surface area contributed by atoms with Gasteiger partial charge >= 0.3 is 6.61 Å². The fraction of sp³-hybridized carbons (Fsp3) is 0.588. The Hall–Kier alpha value is -1.40. The highest BCUT2D eigenvalue weighted by Gasteiger charge is 2.16. The standard InChI is InChI=1S/C17H24F2N2O2.ClH/c1-11-8-14(9-12(2)15(11)23-17(18)19)16(22)21-7-5-13-4-3-6-20-10-13;/h8-9,13,17,20H,3-7,10H2,1-2H3,(H,21,22);1H. The van der Waals surface area contributed by atoms with Gasteiger partial charge in [-0.1, -0.05) is 0 Å². The van der Waals surface area contributed by atoms with Crippen LogP contribution in [0, 0.1) is 19.8 Å². The summed E-state index contributed by atoms with van der Waals surface area (Å²) >= 11 is 0. The van der Waals surface area contributed by atoms with Crippen LogP contribution in [0.25, 0.3) is 0 Å². The monoisotopic (exact) mass is 362 g/mol. The third-order valence-corrected chi connectivity index (χ3v) is 4.17. The van der Waals surface area contributed by atoms with Crippen molar-refractivity contribution >= 4 is 18.3 Å². The molecule has 1 atom stereocenters. The van der Waals surface area contributed by atoms with E-state index in [0.717, 1.165) is 19.5 Å². The first-order valence-electron chi connectivity index (χ1n) is 8.02. The van der Waals surface area contributed by atoms with Crippen molar-refractivity contribution in [1.29, 1.82) is 0 Å². The maximum atomic E-state index is 12.4. The van der Waals surface area contributed by atoms with Gasteiger partial charge in [0.2, 0.25) is 0 Å². The zero-order chi connectivity index (χ0) is 16.8. The molecular weight excluding hydrogens is 338 g/mol. The van der Waals surface area contributed by atoms with E-state index in [1.165, 1.54) is 12.8 Å². The van der Waals surface area contributed by atoms with E-state index in [4.69, 9.17) is 0 Å². The van der Waals surface area contributed by atoms with Gasteiger partial charge in [0.15, 0.2) is 0 Å². The first-order chi connectivity index (χ1) is 11.0. The van der Waals surface area contributed by atoms with Crippen molar-refractivity contribution in [2.75, 3.05) is 19.6 Å². The van der Waals surface area contributed by atoms with E-state index >= 15 is 0 Å². The topological polar surface area (TPSA) is 50.4 Å². The number of piperidine rings is 1. The van der Waals surface area contributed by atoms with E-state index in [1.807, 2.05) is 0 Å². The molecule has 24 heavy (non-hydrogen) atoms. The number of nitrogens with one attached hydrogen (secondary N) is 2. The van der Waals surface area contributed by atoms with Crippen molar-refractivity contribution in [3.05, 3.63) is 28.8 Å². The van der Waals surface area contributed by atoms with Crippen LogP contribution in [0.1, 0.15) is 40.7 Å². The lowest BCUT2D eigenvalue weighted by molar-refractivity contribution is -0.0507. The van der Waals surface area contributed by atoms with Gasteiger partial charge in [-0.05, 0) is 75.4 Å². The summed E-state index contributed by atoms with van der Waals surface area (Å²) in [5.74, 6) is 0.572. The number of carbonyl (C=O) groups is 1. The van der Waals surface area contributed by atoms with Crippen molar-refractivity contribution in [3.8, 4) is 5.75 Å². The summed E-state index contributed by atoms with van der Waals surface area (Å²) in [6.45, 7) is 3.17. The van der Waals surface area contributed by atoms with E-state index in [9.17, 15) is 13.6 Å². The lowest BCUT2D eigenvalue weighted by Gasteiger charge is -2.22. The molecule has 1 heterocycles. The second kappa shape index (κ2) is 9.79. The van der Waals surface area contributed by atoms with Gasteiger partial charge in [-0.2, -0.15) is 8.78 Å². The number of carbonyl (C=O) groups excluding carboxylic acids is 1. The molecule has 4 nitrogen and oxygen atoms in total. The fourth-order valence-corrected chi connectivity index (χ4v) is 3.02. The number of ether oxygens (including phenoxy) is 1. The van der Waals surface area contributed by atoms with Crippen LogP contribution >= 0.6 is 12.4 Å². The largest absolute Gasteiger partial charge is 0.434 e. The van der Waals surface area contributed by atoms with E-state index in [-0.39, 0.29) is 24.1 Å². The van der Waals surface area contributed by atoms with Crippen LogP contribution in [0.5, 0.6) is 5.75 Å². The normalized spacial score (nSPS) is 17.3. The maximum absolute atomic E-state index is 12.4. The molecule has 1 aromatic rings. The molecule has 2 N–H and O–H groups in total. The third kappa shape index (κ3) is 5.91. The number of benzene rings is 1. The third-order valence-electron chi connectivity index (χ3n) is 4.17. The van der Waals surface area contributed by atoms with Gasteiger partial charge in [0.05, 0.1) is 0 Å². The fourth-order valence-electron chi connectivity index (χ4n) is 3.02. The Morgan fingerprint density at radius 1 is 1.38 bits per heavy atom. The van der Waals surface area contributed by atoms with Crippen molar-refractivity contribution in [2.24, 2.45) is 5.92 Å². The smallest absolute Gasteiger partial charge is 0.387 e. The highest BCUT2D eigenvalue weighted by atomic mass is 35.5. The molecular formula is C17H25ClF2N2O2. The number of aryl methyl sites for hydroxylation is 2. The van der Waals surface area contributed by atoms with Crippen LogP contribution in [-0.2, 0) is 0 Å². The van der Waals surface area contributed by atoms with Gasteiger partial charge in [0, 0.05) is 12.1 Å². The van der Waals surface area contributed by atoms with Gasteiger partial charge in [-0.3, -0.25) is 4.79 Å². The van der Waals surface area contributed by atoms with E-state index in [0.29, 0.717) is 29.2 Å². The molecule has 1 saturated heterocycles. The van der Waals surface area contributed by atoms with Crippen molar-refractivity contribution in [3.63, 3.8) is 0 Å². The zero-order valence-electron chi connectivity index (χ0n) is 14.0. The van der Waals surface area contributed by atoms with E-state index in [2.05, 4.69) is 15.4 Å². The molecule has 0 saturated carbocycles. The Labute approximate surface area is 147 Å². The van der Waals surface area contributed by atoms with Crippen LogP contribution in [0.2, 0.25) is 0 Å². The molecule has 0 aromatic heterocycles. The second-order valence-corrected chi connectivity index (χ2v) is 6.07. The Morgan fingerprint density at radius 2 is 2.04 bits per heavy atom. The van der Waals surface area contributed by atoms with Gasteiger partial charge in [0.1, 0.15) is 5.75 Å². The minimum absolute atomic E-state index is 0. The summed E-state index contributed by atoms with van der Waals surface area (Å²) in [7, 11) is 0. The molecule has 1 unspecified atom stereocenters. The summed E-state index contributed by atoms with van der Waals surface area (Å²) in [4.78, 5) is 12.2. The Bertz CT molecular complexity index is 526. The van der Waals surface area contributed by atoms with Crippen molar-refractivity contribution in [1.82, 2.24) is 10.6 Å². The number of hydrogen-bond acceptors (Lipinski definition) is 3. The average molecular weight is 363 g/mol. The molecule has 2 rings (SSSR count). The van der Waals surface area contributed by atoms with Crippen LogP contribution in [0.15, 0.2) is 12.1 Å². The predicted octanol–water partition coefficient (Wildman–Crippen LogP) is 3.45. The molecule has 7 heteroatoms. The predicted molar refractivity (Wildman–Crippen MR) is 92.3 cm³/mol. The molecule has 1 aliphatic rings. The first-order valence-corrected chi connectivity index (χ1v) is 8.02. The molecule has 0 aliphatic carbocycles. The maximum Gasteiger partial charge on any atom is 0.387 e. The van der Waals surface area contributed by atoms with Crippen molar-refractivity contribution < 1.29 is 18.3 Å². The van der Waals surface area contributed by atoms with Gasteiger partial charge in [-0.25, -0.2) is 0 Å². The van der Waals surface area contributed by atoms with Gasteiger partial charge in [-0.15, -0.1) is 12.4 Å². The molecule has 1 fully saturated rings. The molecule has 136 valence electrons. The Morgan fingerprint density at radius 3 is 2.58 bits per heavy atom. The second-order valence-electron chi connectivity index (χ2n) is 6.07. The van der Waals surface area contributed by atoms with Gasteiger partial charge in [0.25, 0.3) is 5.91 Å². The number of alkyl halides is 2. The number of hydrogen-bond donors (Lipinski definition) is 2. The van der Waals surface area contributed by atoms with E-state index < -0.39 is 6.61 Å². The highest BCUT2D eigenvalue weighted by Crippen LogP contribution is 2.26. The van der Waals surface area contributed by atoms with E-state index in [1.54, 1.807) is 26.0 Å². The average Bonchev–Trinajstić information content (AvgIpc) is 2.51. The van der Waals surface area contributed by atoms with Gasteiger partial charge < -0.3 is 15.4 Å². The van der Waals surface area contributed by atoms with Crippen LogP contribution in [0.4, 0.5) is 8.78 Å². The lowest BCUT2D eigenvalue weighted by Crippen LogP contribution is -2.33.